The number of aromatic nitrogens is 2. The molecule has 1 heterocycles. The van der Waals surface area contributed by atoms with Crippen LogP contribution in [0.2, 0.25) is 5.15 Å². The maximum Gasteiger partial charge on any atom is 0.264 e. The third-order valence-electron chi connectivity index (χ3n) is 2.05. The lowest BCUT2D eigenvalue weighted by Gasteiger charge is -2.07. The van der Waals surface area contributed by atoms with Gasteiger partial charge in [-0.15, -0.1) is 0 Å². The molecule has 100 valence electrons. The first-order valence-corrected chi connectivity index (χ1v) is 6.80. The smallest absolute Gasteiger partial charge is 0.264 e. The normalized spacial score (nSPS) is 11.3. The number of nitrogens with one attached hydrogen (secondary N) is 1. The minimum atomic E-state index is -4.03. The SMILES string of the molecule is Nc1cc(F)cc(S(=O)(=O)Nc2nccc(Cl)n2)c1. The molecule has 2 aromatic rings. The summed E-state index contributed by atoms with van der Waals surface area (Å²) in [4.78, 5) is 7.03. The van der Waals surface area contributed by atoms with E-state index >= 15 is 0 Å². The molecule has 1 aromatic carbocycles. The Morgan fingerprint density at radius 3 is 2.68 bits per heavy atom. The number of halogens is 2. The highest BCUT2D eigenvalue weighted by Gasteiger charge is 2.17. The molecule has 0 unspecified atom stereocenters. The first-order valence-electron chi connectivity index (χ1n) is 4.94. The van der Waals surface area contributed by atoms with Gasteiger partial charge in [-0.05, 0) is 24.3 Å². The Morgan fingerprint density at radius 1 is 1.32 bits per heavy atom. The van der Waals surface area contributed by atoms with Gasteiger partial charge in [0.05, 0.1) is 4.90 Å². The molecule has 0 aliphatic heterocycles. The van der Waals surface area contributed by atoms with Crippen LogP contribution in [0, 0.1) is 5.82 Å². The van der Waals surface area contributed by atoms with Crippen LogP contribution in [0.25, 0.3) is 0 Å². The van der Waals surface area contributed by atoms with Crippen LogP contribution in [-0.4, -0.2) is 18.4 Å². The molecule has 0 atom stereocenters. The lowest BCUT2D eigenvalue weighted by Crippen LogP contribution is -2.15. The van der Waals surface area contributed by atoms with Gasteiger partial charge in [0.25, 0.3) is 10.0 Å². The van der Waals surface area contributed by atoms with Gasteiger partial charge in [-0.25, -0.2) is 27.5 Å². The summed E-state index contributed by atoms with van der Waals surface area (Å²) in [6.45, 7) is 0. The zero-order valence-electron chi connectivity index (χ0n) is 9.34. The van der Waals surface area contributed by atoms with Gasteiger partial charge >= 0.3 is 0 Å². The van der Waals surface area contributed by atoms with Crippen molar-refractivity contribution in [3.63, 3.8) is 0 Å². The van der Waals surface area contributed by atoms with Gasteiger partial charge in [0, 0.05) is 11.9 Å². The largest absolute Gasteiger partial charge is 0.399 e. The maximum atomic E-state index is 13.1. The van der Waals surface area contributed by atoms with Crippen molar-refractivity contribution >= 4 is 33.3 Å². The van der Waals surface area contributed by atoms with E-state index in [9.17, 15) is 12.8 Å². The predicted octanol–water partition coefficient (Wildman–Crippen LogP) is 1.65. The number of hydrogen-bond donors (Lipinski definition) is 2. The van der Waals surface area contributed by atoms with Crippen molar-refractivity contribution < 1.29 is 12.8 Å². The fourth-order valence-corrected chi connectivity index (χ4v) is 2.46. The Bertz CT molecular complexity index is 703. The van der Waals surface area contributed by atoms with Crippen LogP contribution in [0.3, 0.4) is 0 Å². The van der Waals surface area contributed by atoms with E-state index in [1.54, 1.807) is 0 Å². The van der Waals surface area contributed by atoms with Gasteiger partial charge < -0.3 is 5.73 Å². The van der Waals surface area contributed by atoms with E-state index in [2.05, 4.69) is 14.7 Å². The quantitative estimate of drug-likeness (QED) is 0.663. The number of nitrogens with zero attached hydrogens (tertiary/aromatic N) is 2. The molecule has 0 fully saturated rings. The van der Waals surface area contributed by atoms with Gasteiger partial charge in [-0.2, -0.15) is 0 Å². The van der Waals surface area contributed by atoms with Crippen LogP contribution in [0.4, 0.5) is 16.0 Å². The third kappa shape index (κ3) is 3.30. The Balaban J connectivity index is 2.37. The van der Waals surface area contributed by atoms with Crippen LogP contribution in [0.5, 0.6) is 0 Å². The molecule has 0 saturated carbocycles. The highest BCUT2D eigenvalue weighted by Crippen LogP contribution is 2.18. The Labute approximate surface area is 113 Å². The maximum absolute atomic E-state index is 13.1. The van der Waals surface area contributed by atoms with Crippen LogP contribution in [-0.2, 0) is 10.0 Å². The zero-order valence-corrected chi connectivity index (χ0v) is 10.9. The Hall–Kier alpha value is -1.93. The van der Waals surface area contributed by atoms with Crippen molar-refractivity contribution in [2.24, 2.45) is 0 Å². The molecule has 19 heavy (non-hydrogen) atoms. The van der Waals surface area contributed by atoms with Crippen LogP contribution in [0.15, 0.2) is 35.4 Å². The third-order valence-corrected chi connectivity index (χ3v) is 3.57. The van der Waals surface area contributed by atoms with E-state index in [1.807, 2.05) is 0 Å². The molecular formula is C10H8ClFN4O2S. The van der Waals surface area contributed by atoms with E-state index in [1.165, 1.54) is 12.3 Å². The monoisotopic (exact) mass is 302 g/mol. The second-order valence-electron chi connectivity index (χ2n) is 3.53. The van der Waals surface area contributed by atoms with Crippen molar-refractivity contribution in [1.82, 2.24) is 9.97 Å². The molecule has 0 bridgehead atoms. The summed E-state index contributed by atoms with van der Waals surface area (Å²) in [7, 11) is -4.03. The average molecular weight is 303 g/mol. The molecule has 9 heteroatoms. The van der Waals surface area contributed by atoms with Crippen LogP contribution >= 0.6 is 11.6 Å². The van der Waals surface area contributed by atoms with Gasteiger partial charge in [0.1, 0.15) is 11.0 Å². The van der Waals surface area contributed by atoms with Crippen LogP contribution < -0.4 is 10.5 Å². The van der Waals surface area contributed by atoms with Gasteiger partial charge in [-0.3, -0.25) is 0 Å². The summed E-state index contributed by atoms with van der Waals surface area (Å²) >= 11 is 5.60. The second kappa shape index (κ2) is 4.98. The lowest BCUT2D eigenvalue weighted by atomic mass is 10.3. The van der Waals surface area contributed by atoms with Gasteiger partial charge in [-0.1, -0.05) is 11.6 Å². The number of hydrogen-bond acceptors (Lipinski definition) is 5. The zero-order chi connectivity index (χ0) is 14.0. The Morgan fingerprint density at radius 2 is 2.05 bits per heavy atom. The number of nitrogen functional groups attached to an aromatic ring is 1. The second-order valence-corrected chi connectivity index (χ2v) is 5.60. The fraction of sp³-hybridized carbons (Fsp3) is 0. The number of sulfonamides is 1. The standard InChI is InChI=1S/C10H8ClFN4O2S/c11-9-1-2-14-10(15-9)16-19(17,18)8-4-6(12)3-7(13)5-8/h1-5H,13H2,(H,14,15,16). The first kappa shape index (κ1) is 13.5. The van der Waals surface area contributed by atoms with Crippen LogP contribution in [0.1, 0.15) is 0 Å². The molecule has 2 rings (SSSR count). The molecule has 0 amide bonds. The van der Waals surface area contributed by atoms with Crippen molar-refractivity contribution in [1.29, 1.82) is 0 Å². The molecule has 1 aromatic heterocycles. The minimum absolute atomic E-state index is 0.00705. The van der Waals surface area contributed by atoms with Crippen molar-refractivity contribution in [2.75, 3.05) is 10.5 Å². The topological polar surface area (TPSA) is 98.0 Å². The summed E-state index contributed by atoms with van der Waals surface area (Å²) in [5, 5.41) is 0.0754. The summed E-state index contributed by atoms with van der Waals surface area (Å²) < 4.78 is 39.1. The average Bonchev–Trinajstić information content (AvgIpc) is 2.26. The molecule has 0 saturated heterocycles. The van der Waals surface area contributed by atoms with Crippen molar-refractivity contribution in [3.8, 4) is 0 Å². The number of nitrogens with two attached hydrogens (primary N) is 1. The van der Waals surface area contributed by atoms with E-state index < -0.39 is 15.8 Å². The molecule has 0 radical (unpaired) electrons. The minimum Gasteiger partial charge on any atom is -0.399 e. The number of rotatable bonds is 3. The van der Waals surface area contributed by atoms with Gasteiger partial charge in [0.15, 0.2) is 0 Å². The highest BCUT2D eigenvalue weighted by molar-refractivity contribution is 7.92. The first-order chi connectivity index (χ1) is 8.87. The molecule has 0 spiro atoms. The summed E-state index contributed by atoms with van der Waals surface area (Å²) in [5.41, 5.74) is 5.38. The van der Waals surface area contributed by atoms with E-state index in [-0.39, 0.29) is 21.7 Å². The van der Waals surface area contributed by atoms with Gasteiger partial charge in [0.2, 0.25) is 5.95 Å². The summed E-state index contributed by atoms with van der Waals surface area (Å²) in [5.74, 6) is -0.970. The summed E-state index contributed by atoms with van der Waals surface area (Å²) in [6.07, 6.45) is 1.28. The molecule has 3 N–H and O–H groups in total. The van der Waals surface area contributed by atoms with E-state index in [0.717, 1.165) is 18.2 Å². The highest BCUT2D eigenvalue weighted by atomic mass is 35.5. The fourth-order valence-electron chi connectivity index (χ4n) is 1.30. The van der Waals surface area contributed by atoms with E-state index in [0.29, 0.717) is 0 Å². The number of benzene rings is 1. The molecule has 0 aliphatic carbocycles. The van der Waals surface area contributed by atoms with Crippen molar-refractivity contribution in [2.45, 2.75) is 4.90 Å². The molecule has 0 aliphatic rings. The Kier molecular flexibility index (Phi) is 3.54. The van der Waals surface area contributed by atoms with Crippen molar-refractivity contribution in [3.05, 3.63) is 41.4 Å². The predicted molar refractivity (Wildman–Crippen MR) is 68.7 cm³/mol. The molecular weight excluding hydrogens is 295 g/mol. The number of anilines is 2. The summed E-state index contributed by atoms with van der Waals surface area (Å²) in [6, 6.07) is 4.35. The van der Waals surface area contributed by atoms with E-state index in [4.69, 9.17) is 17.3 Å². The lowest BCUT2D eigenvalue weighted by molar-refractivity contribution is 0.595. The molecule has 6 nitrogen and oxygen atoms in total.